The molecule has 4 nitrogen and oxygen atoms in total. The summed E-state index contributed by atoms with van der Waals surface area (Å²) in [4.78, 5) is 22.4. The number of aliphatic carboxylic acids is 1. The van der Waals surface area contributed by atoms with Gasteiger partial charge in [-0.15, -0.1) is 0 Å². The molecule has 0 fully saturated rings. The van der Waals surface area contributed by atoms with Crippen LogP contribution in [0, 0.1) is 0 Å². The average molecular weight is 316 g/mol. The molecule has 0 aliphatic carbocycles. The number of carbonyl (C=O) groups excluding carboxylic acids is 1. The van der Waals surface area contributed by atoms with Crippen LogP contribution in [0.2, 0.25) is 10.0 Å². The summed E-state index contributed by atoms with van der Waals surface area (Å²) in [7, 11) is 0. The van der Waals surface area contributed by atoms with Crippen molar-refractivity contribution in [2.75, 3.05) is 0 Å². The van der Waals surface area contributed by atoms with Gasteiger partial charge in [-0.3, -0.25) is 9.59 Å². The number of carboxylic acid groups (broad SMARTS) is 1. The molecule has 20 heavy (non-hydrogen) atoms. The highest BCUT2D eigenvalue weighted by Gasteiger charge is 2.22. The van der Waals surface area contributed by atoms with Crippen molar-refractivity contribution < 1.29 is 14.7 Å². The average Bonchev–Trinajstić information content (AvgIpc) is 2.28. The lowest BCUT2D eigenvalue weighted by Crippen LogP contribution is -2.44. The molecule has 0 spiro atoms. The first-order valence-corrected chi connectivity index (χ1v) is 6.62. The van der Waals surface area contributed by atoms with Gasteiger partial charge in [0.1, 0.15) is 0 Å². The van der Waals surface area contributed by atoms with Gasteiger partial charge in [0.2, 0.25) is 5.91 Å². The Morgan fingerprint density at radius 3 is 2.50 bits per heavy atom. The second-order valence-electron chi connectivity index (χ2n) is 4.95. The second kappa shape index (κ2) is 6.77. The number of carbonyl (C=O) groups is 2. The summed E-state index contributed by atoms with van der Waals surface area (Å²) in [5.74, 6) is -1.34. The number of hydrogen-bond donors (Lipinski definition) is 2. The molecule has 1 amide bonds. The number of carboxylic acids is 1. The van der Waals surface area contributed by atoms with Gasteiger partial charge >= 0.3 is 5.97 Å². The van der Waals surface area contributed by atoms with Crippen LogP contribution >= 0.6 is 23.2 Å². The Morgan fingerprint density at radius 1 is 1.30 bits per heavy atom. The molecule has 0 aliphatic heterocycles. The van der Waals surface area contributed by atoms with E-state index < -0.39 is 11.5 Å². The molecule has 0 heterocycles. The summed E-state index contributed by atoms with van der Waals surface area (Å²) in [6, 6.07) is 4.99. The van der Waals surface area contributed by atoms with Gasteiger partial charge < -0.3 is 10.4 Å². The van der Waals surface area contributed by atoms with Crippen LogP contribution in [-0.2, 0) is 9.59 Å². The maximum Gasteiger partial charge on any atom is 0.305 e. The molecule has 108 valence electrons. The van der Waals surface area contributed by atoms with Gasteiger partial charge in [-0.25, -0.2) is 0 Å². The summed E-state index contributed by atoms with van der Waals surface area (Å²) in [5, 5.41) is 12.2. The highest BCUT2D eigenvalue weighted by atomic mass is 35.5. The van der Waals surface area contributed by atoms with E-state index >= 15 is 0 Å². The lowest BCUT2D eigenvalue weighted by atomic mass is 10.0. The van der Waals surface area contributed by atoms with Crippen LogP contribution < -0.4 is 5.32 Å². The third kappa shape index (κ3) is 5.63. The van der Waals surface area contributed by atoms with E-state index in [4.69, 9.17) is 28.3 Å². The number of amides is 1. The van der Waals surface area contributed by atoms with Crippen molar-refractivity contribution in [1.82, 2.24) is 5.32 Å². The van der Waals surface area contributed by atoms with E-state index in [2.05, 4.69) is 5.32 Å². The lowest BCUT2D eigenvalue weighted by molar-refractivity contribution is -0.138. The first kappa shape index (κ1) is 16.5. The zero-order valence-corrected chi connectivity index (χ0v) is 12.6. The van der Waals surface area contributed by atoms with Crippen LogP contribution in [0.3, 0.4) is 0 Å². The van der Waals surface area contributed by atoms with Crippen molar-refractivity contribution in [3.8, 4) is 0 Å². The highest BCUT2D eigenvalue weighted by Crippen LogP contribution is 2.23. The third-order valence-corrected chi connectivity index (χ3v) is 3.16. The smallest absolute Gasteiger partial charge is 0.305 e. The standard InChI is InChI=1S/C14H15Cl2NO3/c1-14(2,8-13(19)20)17-12(18)6-4-9-3-5-10(15)11(16)7-9/h3-7H,8H2,1-2H3,(H,17,18)(H,19,20). The predicted molar refractivity (Wildman–Crippen MR) is 80.0 cm³/mol. The minimum absolute atomic E-state index is 0.153. The lowest BCUT2D eigenvalue weighted by Gasteiger charge is -2.23. The molecule has 1 aromatic rings. The summed E-state index contributed by atoms with van der Waals surface area (Å²) in [6.07, 6.45) is 2.75. The molecule has 6 heteroatoms. The molecule has 0 bridgehead atoms. The Morgan fingerprint density at radius 2 is 1.95 bits per heavy atom. The third-order valence-electron chi connectivity index (χ3n) is 2.43. The highest BCUT2D eigenvalue weighted by molar-refractivity contribution is 6.42. The van der Waals surface area contributed by atoms with Gasteiger partial charge in [-0.2, -0.15) is 0 Å². The maximum absolute atomic E-state index is 11.7. The van der Waals surface area contributed by atoms with Crippen LogP contribution in [-0.4, -0.2) is 22.5 Å². The first-order valence-electron chi connectivity index (χ1n) is 5.87. The van der Waals surface area contributed by atoms with Gasteiger partial charge in [0, 0.05) is 11.6 Å². The van der Waals surface area contributed by atoms with Crippen molar-refractivity contribution in [1.29, 1.82) is 0 Å². The van der Waals surface area contributed by atoms with Crippen LogP contribution in [0.5, 0.6) is 0 Å². The molecule has 0 saturated heterocycles. The summed E-state index contributed by atoms with van der Waals surface area (Å²) in [6.45, 7) is 3.29. The SMILES string of the molecule is CC(C)(CC(=O)O)NC(=O)C=Cc1ccc(Cl)c(Cl)c1. The maximum atomic E-state index is 11.7. The fourth-order valence-electron chi connectivity index (χ4n) is 1.59. The Labute approximate surface area is 127 Å². The zero-order valence-electron chi connectivity index (χ0n) is 11.1. The van der Waals surface area contributed by atoms with E-state index in [0.717, 1.165) is 5.56 Å². The molecule has 1 aromatic carbocycles. The van der Waals surface area contributed by atoms with Crippen LogP contribution in [0.25, 0.3) is 6.08 Å². The van der Waals surface area contributed by atoms with Crippen LogP contribution in [0.1, 0.15) is 25.8 Å². The van der Waals surface area contributed by atoms with Crippen molar-refractivity contribution in [2.45, 2.75) is 25.8 Å². The molecule has 0 atom stereocenters. The molecular weight excluding hydrogens is 301 g/mol. The van der Waals surface area contributed by atoms with E-state index in [0.29, 0.717) is 10.0 Å². The minimum atomic E-state index is -0.969. The molecule has 0 radical (unpaired) electrons. The zero-order chi connectivity index (χ0) is 15.3. The van der Waals surface area contributed by atoms with Gasteiger partial charge in [0.15, 0.2) is 0 Å². The van der Waals surface area contributed by atoms with Gasteiger partial charge in [-0.05, 0) is 37.6 Å². The Bertz CT molecular complexity index is 553. The van der Waals surface area contributed by atoms with Crippen molar-refractivity contribution >= 4 is 41.2 Å². The molecule has 0 saturated carbocycles. The second-order valence-corrected chi connectivity index (χ2v) is 5.76. The molecular formula is C14H15Cl2NO3. The summed E-state index contributed by atoms with van der Waals surface area (Å²) >= 11 is 11.6. The molecule has 1 rings (SSSR count). The number of benzene rings is 1. The number of hydrogen-bond acceptors (Lipinski definition) is 2. The Kier molecular flexibility index (Phi) is 5.60. The largest absolute Gasteiger partial charge is 0.481 e. The van der Waals surface area contributed by atoms with Gasteiger partial charge in [0.25, 0.3) is 0 Å². The molecule has 0 aliphatic rings. The fraction of sp³-hybridized carbons (Fsp3) is 0.286. The molecule has 0 unspecified atom stereocenters. The van der Waals surface area contributed by atoms with Crippen molar-refractivity contribution in [3.05, 3.63) is 39.9 Å². The number of rotatable bonds is 5. The fourth-order valence-corrected chi connectivity index (χ4v) is 1.89. The number of halogens is 2. The Hall–Kier alpha value is -1.52. The molecule has 0 aromatic heterocycles. The van der Waals surface area contributed by atoms with Crippen LogP contribution in [0.4, 0.5) is 0 Å². The predicted octanol–water partition coefficient (Wildman–Crippen LogP) is 3.38. The topological polar surface area (TPSA) is 66.4 Å². The van der Waals surface area contributed by atoms with Gasteiger partial charge in [0.05, 0.1) is 16.5 Å². The summed E-state index contributed by atoms with van der Waals surface area (Å²) in [5.41, 5.74) is -0.0872. The van der Waals surface area contributed by atoms with E-state index in [1.165, 1.54) is 6.08 Å². The summed E-state index contributed by atoms with van der Waals surface area (Å²) < 4.78 is 0. The monoisotopic (exact) mass is 315 g/mol. The minimum Gasteiger partial charge on any atom is -0.481 e. The van der Waals surface area contributed by atoms with E-state index in [1.54, 1.807) is 38.1 Å². The van der Waals surface area contributed by atoms with Crippen LogP contribution in [0.15, 0.2) is 24.3 Å². The van der Waals surface area contributed by atoms with Crippen molar-refractivity contribution in [2.24, 2.45) is 0 Å². The normalized spacial score (nSPS) is 11.6. The van der Waals surface area contributed by atoms with E-state index in [9.17, 15) is 9.59 Å². The quantitative estimate of drug-likeness (QED) is 0.819. The first-order chi connectivity index (χ1) is 9.19. The van der Waals surface area contributed by atoms with E-state index in [-0.39, 0.29) is 12.3 Å². The number of nitrogens with one attached hydrogen (secondary N) is 1. The van der Waals surface area contributed by atoms with E-state index in [1.807, 2.05) is 0 Å². The Balaban J connectivity index is 2.68. The molecule has 2 N–H and O–H groups in total. The van der Waals surface area contributed by atoms with Gasteiger partial charge in [-0.1, -0.05) is 29.3 Å². The van der Waals surface area contributed by atoms with Crippen molar-refractivity contribution in [3.63, 3.8) is 0 Å².